The largest absolute Gasteiger partial charge is 0.497 e. The first-order chi connectivity index (χ1) is 15.2. The van der Waals surface area contributed by atoms with Gasteiger partial charge in [-0.15, -0.1) is 10.2 Å². The number of carbonyl (C=O) groups excluding carboxylic acids is 1. The second-order valence-electron chi connectivity index (χ2n) is 6.61. The topological polar surface area (TPSA) is 81.9 Å². The van der Waals surface area contributed by atoms with E-state index in [9.17, 15) is 4.79 Å². The van der Waals surface area contributed by atoms with E-state index in [1.807, 2.05) is 77.4 Å². The maximum absolute atomic E-state index is 12.4. The number of rotatable bonds is 8. The third-order valence-electron chi connectivity index (χ3n) is 4.52. The minimum Gasteiger partial charge on any atom is -0.497 e. The van der Waals surface area contributed by atoms with Crippen LogP contribution in [0.5, 0.6) is 5.75 Å². The molecule has 0 aliphatic rings. The summed E-state index contributed by atoms with van der Waals surface area (Å²) >= 11 is 1.33. The normalized spacial score (nSPS) is 10.6. The predicted octanol–water partition coefficient (Wildman–Crippen LogP) is 3.75. The Morgan fingerprint density at radius 2 is 1.77 bits per heavy atom. The Bertz CT molecular complexity index is 1130. The summed E-state index contributed by atoms with van der Waals surface area (Å²) in [6.45, 7) is 0.491. The lowest BCUT2D eigenvalue weighted by Crippen LogP contribution is -2.24. The first-order valence-corrected chi connectivity index (χ1v) is 10.7. The van der Waals surface area contributed by atoms with E-state index in [0.29, 0.717) is 23.2 Å². The number of hydrogen-bond donors (Lipinski definition) is 1. The van der Waals surface area contributed by atoms with Gasteiger partial charge in [0.1, 0.15) is 11.4 Å². The van der Waals surface area contributed by atoms with E-state index in [4.69, 9.17) is 4.74 Å². The van der Waals surface area contributed by atoms with Gasteiger partial charge in [0, 0.05) is 12.7 Å². The van der Waals surface area contributed by atoms with Crippen LogP contribution in [0.15, 0.2) is 84.1 Å². The molecule has 2 heterocycles. The number of nitrogens with one attached hydrogen (secondary N) is 1. The highest BCUT2D eigenvalue weighted by Crippen LogP contribution is 2.27. The minimum atomic E-state index is -0.0717. The standard InChI is InChI=1S/C23H21N5O2S/c1-30-19-12-10-18(11-13-19)28-22(20-9-5-6-14-24-20)26-27-23(28)31-16-21(29)25-15-17-7-3-2-4-8-17/h2-14H,15-16H2,1H3,(H,25,29). The fraction of sp³-hybridized carbons (Fsp3) is 0.130. The monoisotopic (exact) mass is 431 g/mol. The lowest BCUT2D eigenvalue weighted by molar-refractivity contribution is -0.118. The molecular weight excluding hydrogens is 410 g/mol. The molecule has 0 aliphatic heterocycles. The molecule has 0 unspecified atom stereocenters. The second-order valence-corrected chi connectivity index (χ2v) is 7.55. The van der Waals surface area contributed by atoms with Crippen molar-refractivity contribution < 1.29 is 9.53 Å². The number of hydrogen-bond acceptors (Lipinski definition) is 6. The zero-order valence-corrected chi connectivity index (χ0v) is 17.7. The summed E-state index contributed by atoms with van der Waals surface area (Å²) in [4.78, 5) is 16.8. The van der Waals surface area contributed by atoms with E-state index in [0.717, 1.165) is 17.0 Å². The molecule has 4 rings (SSSR count). The van der Waals surface area contributed by atoms with Gasteiger partial charge in [0.25, 0.3) is 0 Å². The van der Waals surface area contributed by atoms with Crippen molar-refractivity contribution in [3.63, 3.8) is 0 Å². The Morgan fingerprint density at radius 1 is 1.00 bits per heavy atom. The molecule has 2 aromatic heterocycles. The third kappa shape index (κ3) is 5.10. The van der Waals surface area contributed by atoms with E-state index >= 15 is 0 Å². The number of thioether (sulfide) groups is 1. The summed E-state index contributed by atoms with van der Waals surface area (Å²) in [5, 5.41) is 12.2. The number of nitrogens with zero attached hydrogens (tertiary/aromatic N) is 4. The number of ether oxygens (including phenoxy) is 1. The van der Waals surface area contributed by atoms with Crippen molar-refractivity contribution in [2.24, 2.45) is 0 Å². The van der Waals surface area contributed by atoms with Gasteiger partial charge >= 0.3 is 0 Å². The molecule has 1 amide bonds. The van der Waals surface area contributed by atoms with Crippen LogP contribution in [0, 0.1) is 0 Å². The van der Waals surface area contributed by atoms with Gasteiger partial charge in [0.15, 0.2) is 11.0 Å². The van der Waals surface area contributed by atoms with E-state index in [1.165, 1.54) is 11.8 Å². The van der Waals surface area contributed by atoms with Crippen LogP contribution >= 0.6 is 11.8 Å². The van der Waals surface area contributed by atoms with Crippen LogP contribution in [0.1, 0.15) is 5.56 Å². The van der Waals surface area contributed by atoms with Crippen molar-refractivity contribution >= 4 is 17.7 Å². The van der Waals surface area contributed by atoms with Gasteiger partial charge in [-0.05, 0) is 42.0 Å². The van der Waals surface area contributed by atoms with Crippen molar-refractivity contribution in [3.8, 4) is 23.0 Å². The van der Waals surface area contributed by atoms with E-state index in [2.05, 4.69) is 20.5 Å². The van der Waals surface area contributed by atoms with E-state index < -0.39 is 0 Å². The van der Waals surface area contributed by atoms with Gasteiger partial charge in [0.05, 0.1) is 18.6 Å². The van der Waals surface area contributed by atoms with Gasteiger partial charge < -0.3 is 10.1 Å². The Kier molecular flexibility index (Phi) is 6.59. The van der Waals surface area contributed by atoms with Crippen LogP contribution in [0.3, 0.4) is 0 Å². The number of amides is 1. The summed E-state index contributed by atoms with van der Waals surface area (Å²) in [6.07, 6.45) is 1.71. The van der Waals surface area contributed by atoms with Crippen LogP contribution in [0.25, 0.3) is 17.2 Å². The predicted molar refractivity (Wildman–Crippen MR) is 120 cm³/mol. The Labute approximate surface area is 184 Å². The first kappa shape index (κ1) is 20.6. The number of methoxy groups -OCH3 is 1. The summed E-state index contributed by atoms with van der Waals surface area (Å²) in [7, 11) is 1.63. The molecule has 0 saturated heterocycles. The maximum atomic E-state index is 12.4. The van der Waals surface area contributed by atoms with Crippen LogP contribution in [0.2, 0.25) is 0 Å². The highest BCUT2D eigenvalue weighted by Gasteiger charge is 2.18. The van der Waals surface area contributed by atoms with Gasteiger partial charge in [-0.1, -0.05) is 48.2 Å². The molecule has 156 valence electrons. The van der Waals surface area contributed by atoms with Crippen LogP contribution in [-0.4, -0.2) is 38.5 Å². The average molecular weight is 432 g/mol. The average Bonchev–Trinajstić information content (AvgIpc) is 3.26. The summed E-state index contributed by atoms with van der Waals surface area (Å²) in [5.41, 5.74) is 2.62. The number of benzene rings is 2. The molecule has 0 atom stereocenters. The molecule has 0 spiro atoms. The molecule has 0 aliphatic carbocycles. The summed E-state index contributed by atoms with van der Waals surface area (Å²) in [6, 6.07) is 23.0. The van der Waals surface area contributed by atoms with Crippen molar-refractivity contribution in [1.29, 1.82) is 0 Å². The summed E-state index contributed by atoms with van der Waals surface area (Å²) < 4.78 is 7.16. The number of aromatic nitrogens is 4. The van der Waals surface area contributed by atoms with Gasteiger partial charge in [-0.2, -0.15) is 0 Å². The lowest BCUT2D eigenvalue weighted by atomic mass is 10.2. The van der Waals surface area contributed by atoms with Crippen molar-refractivity contribution in [1.82, 2.24) is 25.1 Å². The van der Waals surface area contributed by atoms with Crippen LogP contribution in [-0.2, 0) is 11.3 Å². The molecule has 0 bridgehead atoms. The van der Waals surface area contributed by atoms with E-state index in [-0.39, 0.29) is 11.7 Å². The highest BCUT2D eigenvalue weighted by molar-refractivity contribution is 7.99. The van der Waals surface area contributed by atoms with Crippen molar-refractivity contribution in [2.45, 2.75) is 11.7 Å². The SMILES string of the molecule is COc1ccc(-n2c(SCC(=O)NCc3ccccc3)nnc2-c2ccccn2)cc1. The second kappa shape index (κ2) is 9.90. The molecule has 8 heteroatoms. The minimum absolute atomic E-state index is 0.0717. The lowest BCUT2D eigenvalue weighted by Gasteiger charge is -2.11. The molecule has 31 heavy (non-hydrogen) atoms. The number of pyridine rings is 1. The van der Waals surface area contributed by atoms with Crippen molar-refractivity contribution in [2.75, 3.05) is 12.9 Å². The van der Waals surface area contributed by atoms with Gasteiger partial charge in [-0.3, -0.25) is 14.3 Å². The molecule has 1 N–H and O–H groups in total. The zero-order valence-electron chi connectivity index (χ0n) is 16.9. The third-order valence-corrected chi connectivity index (χ3v) is 5.45. The summed E-state index contributed by atoms with van der Waals surface area (Å²) in [5.74, 6) is 1.52. The highest BCUT2D eigenvalue weighted by atomic mass is 32.2. The fourth-order valence-electron chi connectivity index (χ4n) is 2.97. The quantitative estimate of drug-likeness (QED) is 0.428. The smallest absolute Gasteiger partial charge is 0.230 e. The van der Waals surface area contributed by atoms with E-state index in [1.54, 1.807) is 13.3 Å². The first-order valence-electron chi connectivity index (χ1n) is 9.69. The van der Waals surface area contributed by atoms with Crippen LogP contribution in [0.4, 0.5) is 0 Å². The molecule has 0 radical (unpaired) electrons. The molecule has 2 aromatic carbocycles. The molecular formula is C23H21N5O2S. The molecule has 0 fully saturated rings. The molecule has 4 aromatic rings. The Balaban J connectivity index is 1.54. The maximum Gasteiger partial charge on any atom is 0.230 e. The molecule has 7 nitrogen and oxygen atoms in total. The zero-order chi connectivity index (χ0) is 21.5. The van der Waals surface area contributed by atoms with Crippen molar-refractivity contribution in [3.05, 3.63) is 84.6 Å². The Hall–Kier alpha value is -3.65. The van der Waals surface area contributed by atoms with Crippen LogP contribution < -0.4 is 10.1 Å². The van der Waals surface area contributed by atoms with Gasteiger partial charge in [-0.25, -0.2) is 0 Å². The fourth-order valence-corrected chi connectivity index (χ4v) is 3.75. The number of carbonyl (C=O) groups is 1. The van der Waals surface area contributed by atoms with Gasteiger partial charge in [0.2, 0.25) is 5.91 Å². The molecule has 0 saturated carbocycles. The Morgan fingerprint density at radius 3 is 2.48 bits per heavy atom.